The molecule has 1 aliphatic heterocycles. The molecule has 4 rings (SSSR count). The van der Waals surface area contributed by atoms with Crippen molar-refractivity contribution < 1.29 is 17.9 Å². The smallest absolute Gasteiger partial charge is 0.185 e. The van der Waals surface area contributed by atoms with Crippen molar-refractivity contribution >= 4 is 37.9 Å². The molecule has 0 spiro atoms. The zero-order valence-electron chi connectivity index (χ0n) is 18.0. The van der Waals surface area contributed by atoms with Crippen LogP contribution in [0.5, 0.6) is 11.5 Å². The zero-order valence-corrected chi connectivity index (χ0v) is 20.3. The molecule has 170 valence electrons. The lowest BCUT2D eigenvalue weighted by Crippen LogP contribution is -2.39. The van der Waals surface area contributed by atoms with Crippen LogP contribution in [-0.2, 0) is 16.3 Å². The zero-order chi connectivity index (χ0) is 22.7. The highest BCUT2D eigenvalue weighted by atomic mass is 35.5. The minimum absolute atomic E-state index is 0.340. The highest BCUT2D eigenvalue weighted by Gasteiger charge is 2.32. The van der Waals surface area contributed by atoms with Crippen LogP contribution in [0, 0.1) is 0 Å². The van der Waals surface area contributed by atoms with Crippen molar-refractivity contribution in [3.63, 3.8) is 0 Å². The number of methoxy groups -OCH3 is 2. The molecule has 0 saturated carbocycles. The van der Waals surface area contributed by atoms with Gasteiger partial charge in [0, 0.05) is 29.9 Å². The van der Waals surface area contributed by atoms with Crippen LogP contribution in [0.1, 0.15) is 24.1 Å². The van der Waals surface area contributed by atoms with Crippen molar-refractivity contribution in [3.8, 4) is 11.5 Å². The Labute approximate surface area is 197 Å². The minimum atomic E-state index is -3.36. The summed E-state index contributed by atoms with van der Waals surface area (Å²) in [5, 5.41) is 3.14. The maximum atomic E-state index is 13.0. The van der Waals surface area contributed by atoms with E-state index in [0.29, 0.717) is 53.8 Å². The lowest BCUT2D eigenvalue weighted by molar-refractivity contribution is 0.354. The van der Waals surface area contributed by atoms with Crippen LogP contribution in [0.2, 0.25) is 5.02 Å². The third-order valence-electron chi connectivity index (χ3n) is 5.67. The fraction of sp³-hybridized carbons (Fsp3) is 0.348. The molecule has 6 nitrogen and oxygen atoms in total. The molecule has 32 heavy (non-hydrogen) atoms. The first-order valence-electron chi connectivity index (χ1n) is 10.3. The average molecular weight is 493 g/mol. The number of anilines is 1. The first-order chi connectivity index (χ1) is 15.4. The molecular weight excluding hydrogens is 468 g/mol. The number of hydrogen-bond donors (Lipinski definition) is 0. The third kappa shape index (κ3) is 4.87. The van der Waals surface area contributed by atoms with E-state index >= 15 is 0 Å². The summed E-state index contributed by atoms with van der Waals surface area (Å²) in [7, 11) is -0.113. The van der Waals surface area contributed by atoms with Gasteiger partial charge in [-0.25, -0.2) is 13.4 Å². The second-order valence-electron chi connectivity index (χ2n) is 7.67. The second kappa shape index (κ2) is 9.68. The fourth-order valence-electron chi connectivity index (χ4n) is 3.90. The Balaban J connectivity index is 1.39. The van der Waals surface area contributed by atoms with Gasteiger partial charge in [-0.1, -0.05) is 17.7 Å². The summed E-state index contributed by atoms with van der Waals surface area (Å²) in [6, 6.07) is 12.3. The molecule has 1 aromatic heterocycles. The Morgan fingerprint density at radius 3 is 2.41 bits per heavy atom. The summed E-state index contributed by atoms with van der Waals surface area (Å²) in [4.78, 5) is 7.31. The largest absolute Gasteiger partial charge is 0.493 e. The lowest BCUT2D eigenvalue weighted by Gasteiger charge is -2.31. The number of piperidine rings is 1. The average Bonchev–Trinajstić information content (AvgIpc) is 3.28. The van der Waals surface area contributed by atoms with E-state index in [0.717, 1.165) is 16.4 Å². The Bertz CT molecular complexity index is 1170. The number of halogens is 1. The van der Waals surface area contributed by atoms with Crippen LogP contribution >= 0.6 is 22.9 Å². The molecule has 1 fully saturated rings. The van der Waals surface area contributed by atoms with Gasteiger partial charge in [-0.3, -0.25) is 0 Å². The number of thiazole rings is 1. The van der Waals surface area contributed by atoms with Gasteiger partial charge in [0.05, 0.1) is 30.1 Å². The quantitative estimate of drug-likeness (QED) is 0.469. The lowest BCUT2D eigenvalue weighted by atomic mass is 10.1. The van der Waals surface area contributed by atoms with Crippen molar-refractivity contribution in [2.45, 2.75) is 29.4 Å². The molecule has 2 heterocycles. The molecule has 0 amide bonds. The normalized spacial score (nSPS) is 15.0. The second-order valence-corrected chi connectivity index (χ2v) is 11.2. The predicted molar refractivity (Wildman–Crippen MR) is 128 cm³/mol. The van der Waals surface area contributed by atoms with E-state index < -0.39 is 9.84 Å². The molecule has 0 radical (unpaired) electrons. The Kier molecular flexibility index (Phi) is 6.93. The maximum Gasteiger partial charge on any atom is 0.185 e. The number of rotatable bonds is 7. The molecule has 0 N–H and O–H groups in total. The molecule has 9 heteroatoms. The standard InChI is InChI=1S/C23H25ClN2O4S2/c1-29-21-8-3-16(14-22(21)30-2)13-18-15-31-23(25-18)26-11-9-20(10-12-26)32(27,28)19-6-4-17(24)5-7-19/h3-8,14-15,20H,9-13H2,1-2H3. The topological polar surface area (TPSA) is 68.7 Å². The SMILES string of the molecule is COc1ccc(Cc2csc(N3CCC(S(=O)(=O)c4ccc(Cl)cc4)CC3)n2)cc1OC. The number of ether oxygens (including phenoxy) is 2. The molecule has 0 atom stereocenters. The van der Waals surface area contributed by atoms with E-state index in [9.17, 15) is 8.42 Å². The molecule has 0 aliphatic carbocycles. The summed E-state index contributed by atoms with van der Waals surface area (Å²) in [5.41, 5.74) is 2.07. The van der Waals surface area contributed by atoms with Gasteiger partial charge in [-0.15, -0.1) is 11.3 Å². The van der Waals surface area contributed by atoms with Crippen LogP contribution in [-0.4, -0.2) is 46.0 Å². The van der Waals surface area contributed by atoms with Gasteiger partial charge >= 0.3 is 0 Å². The van der Waals surface area contributed by atoms with E-state index in [-0.39, 0.29) is 5.25 Å². The molecule has 1 aliphatic rings. The van der Waals surface area contributed by atoms with Crippen molar-refractivity contribution in [2.24, 2.45) is 0 Å². The first kappa shape index (κ1) is 22.9. The van der Waals surface area contributed by atoms with E-state index in [1.165, 1.54) is 0 Å². The number of nitrogens with zero attached hydrogens (tertiary/aromatic N) is 2. The van der Waals surface area contributed by atoms with Gasteiger partial charge in [0.15, 0.2) is 26.5 Å². The van der Waals surface area contributed by atoms with Gasteiger partial charge in [-0.05, 0) is 54.8 Å². The molecule has 0 unspecified atom stereocenters. The summed E-state index contributed by atoms with van der Waals surface area (Å²) in [5.74, 6) is 1.40. The predicted octanol–water partition coefficient (Wildman–Crippen LogP) is 4.85. The van der Waals surface area contributed by atoms with Gasteiger partial charge in [0.2, 0.25) is 0 Å². The molecule has 1 saturated heterocycles. The van der Waals surface area contributed by atoms with Gasteiger partial charge in [0.1, 0.15) is 0 Å². The monoisotopic (exact) mass is 492 g/mol. The third-order valence-corrected chi connectivity index (χ3v) is 9.15. The number of aromatic nitrogens is 1. The van der Waals surface area contributed by atoms with E-state index in [4.69, 9.17) is 26.1 Å². The summed E-state index contributed by atoms with van der Waals surface area (Å²) in [6.45, 7) is 1.33. The summed E-state index contributed by atoms with van der Waals surface area (Å²) in [6.07, 6.45) is 1.85. The van der Waals surface area contributed by atoms with E-state index in [2.05, 4.69) is 10.3 Å². The van der Waals surface area contributed by atoms with Gasteiger partial charge in [0.25, 0.3) is 0 Å². The molecule has 0 bridgehead atoms. The van der Waals surface area contributed by atoms with Crippen molar-refractivity contribution in [2.75, 3.05) is 32.2 Å². The summed E-state index contributed by atoms with van der Waals surface area (Å²) >= 11 is 7.49. The highest BCUT2D eigenvalue weighted by Crippen LogP contribution is 2.31. The van der Waals surface area contributed by atoms with Crippen molar-refractivity contribution in [3.05, 3.63) is 64.1 Å². The molecule has 3 aromatic rings. The summed E-state index contributed by atoms with van der Waals surface area (Å²) < 4.78 is 36.6. The van der Waals surface area contributed by atoms with Crippen molar-refractivity contribution in [1.29, 1.82) is 0 Å². The Hall–Kier alpha value is -2.29. The van der Waals surface area contributed by atoms with Gasteiger partial charge < -0.3 is 14.4 Å². The van der Waals surface area contributed by atoms with Crippen LogP contribution in [0.15, 0.2) is 52.7 Å². The van der Waals surface area contributed by atoms with Crippen LogP contribution < -0.4 is 14.4 Å². The van der Waals surface area contributed by atoms with E-state index in [1.54, 1.807) is 49.8 Å². The molecular formula is C23H25ClN2O4S2. The minimum Gasteiger partial charge on any atom is -0.493 e. The number of hydrogen-bond acceptors (Lipinski definition) is 7. The highest BCUT2D eigenvalue weighted by molar-refractivity contribution is 7.92. The van der Waals surface area contributed by atoms with Crippen molar-refractivity contribution in [1.82, 2.24) is 4.98 Å². The fourth-order valence-corrected chi connectivity index (χ4v) is 6.63. The van der Waals surface area contributed by atoms with Crippen LogP contribution in [0.4, 0.5) is 5.13 Å². The maximum absolute atomic E-state index is 13.0. The Morgan fingerprint density at radius 1 is 1.06 bits per heavy atom. The number of benzene rings is 2. The van der Waals surface area contributed by atoms with E-state index in [1.807, 2.05) is 18.2 Å². The molecule has 2 aromatic carbocycles. The van der Waals surface area contributed by atoms with Gasteiger partial charge in [-0.2, -0.15) is 0 Å². The number of sulfone groups is 1. The van der Waals surface area contributed by atoms with Crippen LogP contribution in [0.25, 0.3) is 0 Å². The Morgan fingerprint density at radius 2 is 1.75 bits per heavy atom. The van der Waals surface area contributed by atoms with Crippen LogP contribution in [0.3, 0.4) is 0 Å². The first-order valence-corrected chi connectivity index (χ1v) is 13.1.